The number of hydrogen-bond donors (Lipinski definition) is 0. The quantitative estimate of drug-likeness (QED) is 0.173. The van der Waals surface area contributed by atoms with Crippen LogP contribution in [0.3, 0.4) is 0 Å². The fourth-order valence-corrected chi connectivity index (χ4v) is 8.99. The highest BCUT2D eigenvalue weighted by atomic mass is 16.3. The largest absolute Gasteiger partial charge is 0.456 e. The van der Waals surface area contributed by atoms with Gasteiger partial charge in [0.15, 0.2) is 0 Å². The third kappa shape index (κ3) is 4.22. The van der Waals surface area contributed by atoms with E-state index in [0.717, 1.165) is 55.0 Å². The molecule has 0 saturated carbocycles. The first-order chi connectivity index (χ1) is 26.8. The summed E-state index contributed by atoms with van der Waals surface area (Å²) in [4.78, 5) is 0. The molecular formula is C52H30O2. The van der Waals surface area contributed by atoms with Crippen LogP contribution in [0.1, 0.15) is 0 Å². The van der Waals surface area contributed by atoms with E-state index in [2.05, 4.69) is 182 Å². The monoisotopic (exact) mass is 686 g/mol. The lowest BCUT2D eigenvalue weighted by Gasteiger charge is -2.17. The summed E-state index contributed by atoms with van der Waals surface area (Å²) >= 11 is 0. The second-order valence-corrected chi connectivity index (χ2v) is 14.4. The molecule has 0 saturated heterocycles. The van der Waals surface area contributed by atoms with Crippen molar-refractivity contribution in [3.05, 3.63) is 182 Å². The molecule has 2 heteroatoms. The van der Waals surface area contributed by atoms with Gasteiger partial charge in [-0.3, -0.25) is 0 Å². The fraction of sp³-hybridized carbons (Fsp3) is 0. The zero-order chi connectivity index (χ0) is 35.3. The van der Waals surface area contributed by atoms with Gasteiger partial charge in [-0.2, -0.15) is 0 Å². The lowest BCUT2D eigenvalue weighted by Crippen LogP contribution is -1.90. The van der Waals surface area contributed by atoms with Crippen molar-refractivity contribution in [3.8, 4) is 33.4 Å². The molecule has 0 unspecified atom stereocenters. The van der Waals surface area contributed by atoms with Gasteiger partial charge < -0.3 is 8.83 Å². The van der Waals surface area contributed by atoms with E-state index in [0.29, 0.717) is 0 Å². The number of benzene rings is 10. The van der Waals surface area contributed by atoms with Crippen LogP contribution in [-0.4, -0.2) is 0 Å². The van der Waals surface area contributed by atoms with Crippen LogP contribution < -0.4 is 0 Å². The molecule has 0 N–H and O–H groups in total. The predicted molar refractivity (Wildman–Crippen MR) is 227 cm³/mol. The van der Waals surface area contributed by atoms with Crippen LogP contribution in [0.25, 0.3) is 120 Å². The maximum Gasteiger partial charge on any atom is 0.143 e. The SMILES string of the molecule is c1ccc(-c2c3ccccc3c(-c3ccc4oc5c(-c6ccc7cc8oc9ccc%10ccccc%10c9c8cc7c6)cccc5c4c3)c3ccccc23)cc1. The third-order valence-corrected chi connectivity index (χ3v) is 11.4. The van der Waals surface area contributed by atoms with E-state index in [1.165, 1.54) is 65.3 Å². The van der Waals surface area contributed by atoms with Crippen molar-refractivity contribution in [3.63, 3.8) is 0 Å². The number of rotatable bonds is 3. The summed E-state index contributed by atoms with van der Waals surface area (Å²) in [5.41, 5.74) is 10.7. The number of para-hydroxylation sites is 1. The van der Waals surface area contributed by atoms with Gasteiger partial charge in [-0.25, -0.2) is 0 Å². The molecule has 0 spiro atoms. The predicted octanol–water partition coefficient (Wildman–Crippen LogP) is 15.1. The van der Waals surface area contributed by atoms with Crippen LogP contribution in [0.2, 0.25) is 0 Å². The van der Waals surface area contributed by atoms with Crippen LogP contribution in [-0.2, 0) is 0 Å². The molecule has 0 atom stereocenters. The molecular weight excluding hydrogens is 657 g/mol. The first-order valence-corrected chi connectivity index (χ1v) is 18.5. The molecule has 0 fully saturated rings. The van der Waals surface area contributed by atoms with Gasteiger partial charge in [0.1, 0.15) is 22.3 Å². The molecule has 250 valence electrons. The van der Waals surface area contributed by atoms with Crippen LogP contribution in [0, 0.1) is 0 Å². The Bertz CT molecular complexity index is 3430. The summed E-state index contributed by atoms with van der Waals surface area (Å²) in [5, 5.41) is 14.3. The minimum Gasteiger partial charge on any atom is -0.456 e. The Hall–Kier alpha value is -7.16. The van der Waals surface area contributed by atoms with Gasteiger partial charge >= 0.3 is 0 Å². The molecule has 0 amide bonds. The first kappa shape index (κ1) is 29.4. The summed E-state index contributed by atoms with van der Waals surface area (Å²) in [5.74, 6) is 0. The summed E-state index contributed by atoms with van der Waals surface area (Å²) in [6.45, 7) is 0. The van der Waals surface area contributed by atoms with Gasteiger partial charge in [0.05, 0.1) is 0 Å². The van der Waals surface area contributed by atoms with Crippen molar-refractivity contribution >= 4 is 87.0 Å². The molecule has 12 aromatic rings. The topological polar surface area (TPSA) is 26.3 Å². The molecule has 0 aliphatic rings. The molecule has 0 bridgehead atoms. The Morgan fingerprint density at radius 2 is 0.907 bits per heavy atom. The fourth-order valence-electron chi connectivity index (χ4n) is 8.99. The second kappa shape index (κ2) is 11.2. The minimum atomic E-state index is 0.884. The van der Waals surface area contributed by atoms with Crippen LogP contribution in [0.15, 0.2) is 191 Å². The Morgan fingerprint density at radius 1 is 0.278 bits per heavy atom. The van der Waals surface area contributed by atoms with Crippen molar-refractivity contribution in [2.24, 2.45) is 0 Å². The molecule has 2 nitrogen and oxygen atoms in total. The molecule has 0 aliphatic heterocycles. The molecule has 10 aromatic carbocycles. The number of fused-ring (bicyclic) bond motifs is 11. The van der Waals surface area contributed by atoms with Crippen molar-refractivity contribution < 1.29 is 8.83 Å². The Kier molecular flexibility index (Phi) is 6.09. The summed E-state index contributed by atoms with van der Waals surface area (Å²) in [6, 6.07) is 65.5. The van der Waals surface area contributed by atoms with Gasteiger partial charge in [-0.15, -0.1) is 0 Å². The summed E-state index contributed by atoms with van der Waals surface area (Å²) in [7, 11) is 0. The smallest absolute Gasteiger partial charge is 0.143 e. The molecule has 12 rings (SSSR count). The lowest BCUT2D eigenvalue weighted by molar-refractivity contribution is 0.669. The van der Waals surface area contributed by atoms with Gasteiger partial charge in [-0.05, 0) is 107 Å². The normalized spacial score (nSPS) is 12.1. The standard InChI is InChI=1S/C52H30O2/c1-2-12-32(13-3-1)49-39-15-6-8-17-41(39)50(42-18-9-7-16-40(42)49)35-24-25-46-44(28-35)43-20-10-19-38(52(43)54-46)34-22-21-33-30-48-45(29-36(33)27-34)51-37-14-5-4-11-31(37)23-26-47(51)53-48/h1-30H. The van der Waals surface area contributed by atoms with Crippen LogP contribution in [0.4, 0.5) is 0 Å². The van der Waals surface area contributed by atoms with Crippen molar-refractivity contribution in [1.29, 1.82) is 0 Å². The van der Waals surface area contributed by atoms with E-state index >= 15 is 0 Å². The van der Waals surface area contributed by atoms with E-state index in [-0.39, 0.29) is 0 Å². The molecule has 0 aliphatic carbocycles. The van der Waals surface area contributed by atoms with E-state index < -0.39 is 0 Å². The third-order valence-electron chi connectivity index (χ3n) is 11.4. The zero-order valence-corrected chi connectivity index (χ0v) is 29.1. The molecule has 0 radical (unpaired) electrons. The number of hydrogen-bond acceptors (Lipinski definition) is 2. The zero-order valence-electron chi connectivity index (χ0n) is 29.1. The highest BCUT2D eigenvalue weighted by Gasteiger charge is 2.19. The molecule has 54 heavy (non-hydrogen) atoms. The van der Waals surface area contributed by atoms with Crippen molar-refractivity contribution in [2.75, 3.05) is 0 Å². The minimum absolute atomic E-state index is 0.884. The highest BCUT2D eigenvalue weighted by Crippen LogP contribution is 2.46. The summed E-state index contributed by atoms with van der Waals surface area (Å²) in [6.07, 6.45) is 0. The lowest BCUT2D eigenvalue weighted by atomic mass is 9.86. The highest BCUT2D eigenvalue weighted by molar-refractivity contribution is 6.23. The van der Waals surface area contributed by atoms with Crippen LogP contribution >= 0.6 is 0 Å². The first-order valence-electron chi connectivity index (χ1n) is 18.5. The van der Waals surface area contributed by atoms with Gasteiger partial charge in [0, 0.05) is 27.1 Å². The molecule has 2 heterocycles. The average molecular weight is 687 g/mol. The summed E-state index contributed by atoms with van der Waals surface area (Å²) < 4.78 is 13.1. The second-order valence-electron chi connectivity index (χ2n) is 14.4. The maximum atomic E-state index is 6.74. The van der Waals surface area contributed by atoms with Gasteiger partial charge in [0.25, 0.3) is 0 Å². The number of furan rings is 2. The van der Waals surface area contributed by atoms with Crippen molar-refractivity contribution in [2.45, 2.75) is 0 Å². The Balaban J connectivity index is 1.05. The van der Waals surface area contributed by atoms with Gasteiger partial charge in [-0.1, -0.05) is 146 Å². The van der Waals surface area contributed by atoms with E-state index in [4.69, 9.17) is 8.83 Å². The van der Waals surface area contributed by atoms with E-state index in [1.54, 1.807) is 0 Å². The van der Waals surface area contributed by atoms with Crippen molar-refractivity contribution in [1.82, 2.24) is 0 Å². The van der Waals surface area contributed by atoms with E-state index in [1.807, 2.05) is 0 Å². The molecule has 2 aromatic heterocycles. The van der Waals surface area contributed by atoms with Crippen LogP contribution in [0.5, 0.6) is 0 Å². The Morgan fingerprint density at radius 3 is 1.69 bits per heavy atom. The van der Waals surface area contributed by atoms with Gasteiger partial charge in [0.2, 0.25) is 0 Å². The average Bonchev–Trinajstić information content (AvgIpc) is 3.79. The Labute approximate surface area is 310 Å². The van der Waals surface area contributed by atoms with E-state index in [9.17, 15) is 0 Å². The maximum absolute atomic E-state index is 6.74.